The van der Waals surface area contributed by atoms with Crippen LogP contribution in [-0.2, 0) is 11.3 Å². The third-order valence-corrected chi connectivity index (χ3v) is 6.79. The molecule has 2 unspecified atom stereocenters. The molecule has 1 fully saturated rings. The molecule has 0 radical (unpaired) electrons. The Kier molecular flexibility index (Phi) is 6.99. The third kappa shape index (κ3) is 4.81. The number of rotatable bonds is 8. The number of nitrogens with one attached hydrogen (secondary N) is 3. The SMILES string of the molecule is C/C=C(/CO)O/C(=C/CC)C1CCC(c2cc(Nc3ccc4c(c3F)CNS4)n[nH]2)C1. The smallest absolute Gasteiger partial charge is 0.152 e. The monoisotopic (exact) mass is 444 g/mol. The highest BCUT2D eigenvalue weighted by Gasteiger charge is 2.31. The lowest BCUT2D eigenvalue weighted by Crippen LogP contribution is -2.06. The first-order valence-electron chi connectivity index (χ1n) is 10.8. The molecule has 4 rings (SSSR count). The van der Waals surface area contributed by atoms with Gasteiger partial charge in [0.25, 0.3) is 0 Å². The number of aromatic nitrogens is 2. The topological polar surface area (TPSA) is 82.2 Å². The Morgan fingerprint density at radius 2 is 2.29 bits per heavy atom. The summed E-state index contributed by atoms with van der Waals surface area (Å²) in [5.41, 5.74) is 2.19. The Morgan fingerprint density at radius 3 is 3.06 bits per heavy atom. The summed E-state index contributed by atoms with van der Waals surface area (Å²) in [6.45, 7) is 4.38. The molecule has 1 aromatic carbocycles. The Balaban J connectivity index is 1.42. The molecule has 166 valence electrons. The Hall–Kier alpha value is -2.29. The molecule has 2 heterocycles. The fourth-order valence-electron chi connectivity index (χ4n) is 4.24. The first-order valence-corrected chi connectivity index (χ1v) is 11.6. The number of aliphatic hydroxyl groups is 1. The third-order valence-electron chi connectivity index (χ3n) is 5.90. The van der Waals surface area contributed by atoms with E-state index in [0.717, 1.165) is 42.0 Å². The molecular weight excluding hydrogens is 415 g/mol. The van der Waals surface area contributed by atoms with Crippen molar-refractivity contribution in [2.24, 2.45) is 5.92 Å². The van der Waals surface area contributed by atoms with Gasteiger partial charge in [0.2, 0.25) is 0 Å². The fraction of sp³-hybridized carbons (Fsp3) is 0.435. The van der Waals surface area contributed by atoms with Gasteiger partial charge in [-0.15, -0.1) is 0 Å². The lowest BCUT2D eigenvalue weighted by Gasteiger charge is -2.17. The molecule has 1 aliphatic carbocycles. The molecule has 8 heteroatoms. The van der Waals surface area contributed by atoms with Gasteiger partial charge in [0, 0.05) is 40.6 Å². The number of aromatic amines is 1. The second kappa shape index (κ2) is 9.89. The van der Waals surface area contributed by atoms with Gasteiger partial charge in [0.15, 0.2) is 11.6 Å². The highest BCUT2D eigenvalue weighted by atomic mass is 32.2. The van der Waals surface area contributed by atoms with Crippen molar-refractivity contribution in [3.63, 3.8) is 0 Å². The van der Waals surface area contributed by atoms with Crippen LogP contribution in [0.15, 0.2) is 46.8 Å². The molecule has 0 bridgehead atoms. The lowest BCUT2D eigenvalue weighted by molar-refractivity contribution is 0.190. The lowest BCUT2D eigenvalue weighted by atomic mass is 10.00. The number of ether oxygens (including phenoxy) is 1. The van der Waals surface area contributed by atoms with Gasteiger partial charge >= 0.3 is 0 Å². The van der Waals surface area contributed by atoms with Crippen molar-refractivity contribution in [2.45, 2.75) is 56.9 Å². The molecule has 6 nitrogen and oxygen atoms in total. The summed E-state index contributed by atoms with van der Waals surface area (Å²) < 4.78 is 23.8. The number of anilines is 2. The van der Waals surface area contributed by atoms with Crippen LogP contribution in [0.1, 0.15) is 56.7 Å². The maximum absolute atomic E-state index is 14.7. The standard InChI is InChI=1S/C23H29FN4O2S/c1-3-5-20(30-16(4-2)13-29)15-7-6-14(10-15)19-11-22(28-27-19)26-18-8-9-21-17(23(18)24)12-25-31-21/h4-5,8-9,11,14-15,25,29H,3,6-7,10,12-13H2,1-2H3,(H2,26,27,28)/b16-4-,20-5+. The number of nitrogens with zero attached hydrogens (tertiary/aromatic N) is 1. The van der Waals surface area contributed by atoms with E-state index in [4.69, 9.17) is 4.74 Å². The number of hydrogen-bond donors (Lipinski definition) is 4. The van der Waals surface area contributed by atoms with Gasteiger partial charge in [-0.25, -0.2) is 4.39 Å². The van der Waals surface area contributed by atoms with Crippen LogP contribution in [0.4, 0.5) is 15.9 Å². The number of hydrogen-bond acceptors (Lipinski definition) is 6. The molecule has 2 aromatic rings. The summed E-state index contributed by atoms with van der Waals surface area (Å²) in [6, 6.07) is 5.66. The van der Waals surface area contributed by atoms with Gasteiger partial charge in [-0.3, -0.25) is 9.82 Å². The molecule has 2 atom stereocenters. The van der Waals surface area contributed by atoms with Gasteiger partial charge in [-0.05, 0) is 68.8 Å². The largest absolute Gasteiger partial charge is 0.464 e. The molecule has 0 spiro atoms. The number of allylic oxidation sites excluding steroid dienone is 3. The predicted molar refractivity (Wildman–Crippen MR) is 121 cm³/mol. The van der Waals surface area contributed by atoms with E-state index in [9.17, 15) is 9.50 Å². The van der Waals surface area contributed by atoms with E-state index in [-0.39, 0.29) is 12.4 Å². The summed E-state index contributed by atoms with van der Waals surface area (Å²) in [5, 5.41) is 20.0. The van der Waals surface area contributed by atoms with Crippen molar-refractivity contribution in [3.05, 3.63) is 58.9 Å². The van der Waals surface area contributed by atoms with Crippen LogP contribution in [0.2, 0.25) is 0 Å². The Labute approximate surface area is 186 Å². The average molecular weight is 445 g/mol. The van der Waals surface area contributed by atoms with Crippen LogP contribution < -0.4 is 10.0 Å². The summed E-state index contributed by atoms with van der Waals surface area (Å²) in [6.07, 6.45) is 7.79. The van der Waals surface area contributed by atoms with Crippen molar-refractivity contribution >= 4 is 23.5 Å². The van der Waals surface area contributed by atoms with Gasteiger partial charge in [0.1, 0.15) is 18.1 Å². The highest BCUT2D eigenvalue weighted by molar-refractivity contribution is 7.97. The first-order chi connectivity index (χ1) is 15.1. The minimum absolute atomic E-state index is 0.0999. The van der Waals surface area contributed by atoms with Crippen LogP contribution in [0, 0.1) is 11.7 Å². The first kappa shape index (κ1) is 21.9. The predicted octanol–water partition coefficient (Wildman–Crippen LogP) is 5.49. The fourth-order valence-corrected chi connectivity index (χ4v) is 5.04. The van der Waals surface area contributed by atoms with Crippen LogP contribution >= 0.6 is 11.9 Å². The molecule has 1 saturated carbocycles. The Bertz CT molecular complexity index is 988. The van der Waals surface area contributed by atoms with E-state index in [0.29, 0.717) is 41.2 Å². The summed E-state index contributed by atoms with van der Waals surface area (Å²) in [5.74, 6) is 2.57. The zero-order valence-corrected chi connectivity index (χ0v) is 18.7. The van der Waals surface area contributed by atoms with Crippen molar-refractivity contribution in [1.29, 1.82) is 0 Å². The number of fused-ring (bicyclic) bond motifs is 1. The van der Waals surface area contributed by atoms with Crippen LogP contribution in [-0.4, -0.2) is 21.9 Å². The molecule has 31 heavy (non-hydrogen) atoms. The van der Waals surface area contributed by atoms with Gasteiger partial charge in [-0.1, -0.05) is 6.92 Å². The summed E-state index contributed by atoms with van der Waals surface area (Å²) >= 11 is 1.46. The van der Waals surface area contributed by atoms with E-state index >= 15 is 0 Å². The van der Waals surface area contributed by atoms with E-state index in [1.54, 1.807) is 12.1 Å². The van der Waals surface area contributed by atoms with Crippen molar-refractivity contribution < 1.29 is 14.2 Å². The van der Waals surface area contributed by atoms with Crippen LogP contribution in [0.25, 0.3) is 0 Å². The van der Waals surface area contributed by atoms with Crippen molar-refractivity contribution in [3.8, 4) is 0 Å². The minimum Gasteiger partial charge on any atom is -0.464 e. The molecular formula is C23H29FN4O2S. The maximum Gasteiger partial charge on any atom is 0.152 e. The zero-order valence-electron chi connectivity index (χ0n) is 17.9. The highest BCUT2D eigenvalue weighted by Crippen LogP contribution is 2.42. The number of aliphatic hydroxyl groups excluding tert-OH is 1. The molecule has 1 aromatic heterocycles. The van der Waals surface area contributed by atoms with Crippen molar-refractivity contribution in [2.75, 3.05) is 11.9 Å². The minimum atomic E-state index is -0.226. The van der Waals surface area contributed by atoms with Crippen molar-refractivity contribution in [1.82, 2.24) is 14.9 Å². The van der Waals surface area contributed by atoms with Gasteiger partial charge < -0.3 is 15.2 Å². The summed E-state index contributed by atoms with van der Waals surface area (Å²) in [7, 11) is 0. The average Bonchev–Trinajstić information content (AvgIpc) is 3.53. The quantitative estimate of drug-likeness (QED) is 0.318. The second-order valence-electron chi connectivity index (χ2n) is 7.90. The second-order valence-corrected chi connectivity index (χ2v) is 8.83. The molecule has 2 aliphatic rings. The zero-order chi connectivity index (χ0) is 21.8. The van der Waals surface area contributed by atoms with E-state index in [1.165, 1.54) is 11.9 Å². The molecule has 0 amide bonds. The van der Waals surface area contributed by atoms with E-state index in [2.05, 4.69) is 33.2 Å². The van der Waals surface area contributed by atoms with Crippen LogP contribution in [0.3, 0.4) is 0 Å². The maximum atomic E-state index is 14.7. The number of H-pyrrole nitrogens is 1. The van der Waals surface area contributed by atoms with Gasteiger partial charge in [-0.2, -0.15) is 5.10 Å². The Morgan fingerprint density at radius 1 is 1.42 bits per heavy atom. The number of benzene rings is 1. The molecule has 4 N–H and O–H groups in total. The van der Waals surface area contributed by atoms with E-state index < -0.39 is 0 Å². The summed E-state index contributed by atoms with van der Waals surface area (Å²) in [4.78, 5) is 0.934. The molecule has 0 saturated heterocycles. The van der Waals surface area contributed by atoms with E-state index in [1.807, 2.05) is 19.1 Å². The normalized spacial score (nSPS) is 21.4. The molecule has 1 aliphatic heterocycles. The number of halogens is 1. The van der Waals surface area contributed by atoms with Gasteiger partial charge in [0.05, 0.1) is 5.69 Å². The van der Waals surface area contributed by atoms with Crippen LogP contribution in [0.5, 0.6) is 0 Å².